The van der Waals surface area contributed by atoms with Gasteiger partial charge in [-0.15, -0.1) is 0 Å². The van der Waals surface area contributed by atoms with E-state index in [2.05, 4.69) is 41.4 Å². The number of piperidine rings is 1. The van der Waals surface area contributed by atoms with Gasteiger partial charge in [0, 0.05) is 44.1 Å². The summed E-state index contributed by atoms with van der Waals surface area (Å²) in [5.74, 6) is 0.925. The molecule has 136 valence electrons. The first-order chi connectivity index (χ1) is 11.7. The molecule has 1 aromatic rings. The summed E-state index contributed by atoms with van der Waals surface area (Å²) in [5.41, 5.74) is 0. The number of nitrogens with zero attached hydrogens (tertiary/aromatic N) is 4. The Labute approximate surface area is 146 Å². The Balaban J connectivity index is 1.74. The molecular formula is C18H34N6. The summed E-state index contributed by atoms with van der Waals surface area (Å²) < 4.78 is 1.96. The van der Waals surface area contributed by atoms with Crippen LogP contribution >= 0.6 is 0 Å². The molecule has 0 aliphatic carbocycles. The van der Waals surface area contributed by atoms with Crippen LogP contribution in [-0.4, -0.2) is 58.9 Å². The summed E-state index contributed by atoms with van der Waals surface area (Å²) in [6, 6.07) is 3.15. The lowest BCUT2D eigenvalue weighted by molar-refractivity contribution is 0.118. The van der Waals surface area contributed by atoms with Crippen LogP contribution in [-0.2, 0) is 6.54 Å². The van der Waals surface area contributed by atoms with Crippen LogP contribution in [0, 0.1) is 0 Å². The number of guanidine groups is 1. The third kappa shape index (κ3) is 6.15. The Morgan fingerprint density at radius 1 is 1.38 bits per heavy atom. The van der Waals surface area contributed by atoms with Gasteiger partial charge in [-0.1, -0.05) is 6.42 Å². The summed E-state index contributed by atoms with van der Waals surface area (Å²) in [6.45, 7) is 11.5. The summed E-state index contributed by atoms with van der Waals surface area (Å²) in [4.78, 5) is 7.39. The van der Waals surface area contributed by atoms with E-state index >= 15 is 0 Å². The van der Waals surface area contributed by atoms with Crippen molar-refractivity contribution in [2.24, 2.45) is 4.99 Å². The largest absolute Gasteiger partial charge is 0.357 e. The minimum atomic E-state index is 0.500. The molecule has 2 atom stereocenters. The lowest BCUT2D eigenvalue weighted by atomic mass is 10.0. The summed E-state index contributed by atoms with van der Waals surface area (Å²) >= 11 is 0. The van der Waals surface area contributed by atoms with Gasteiger partial charge in [0.05, 0.1) is 6.54 Å². The SMILES string of the molecule is CCNC(=NCC(C)N1CCCCC1C)NCCCn1cccn1. The van der Waals surface area contributed by atoms with Crippen LogP contribution in [0.1, 0.15) is 46.5 Å². The van der Waals surface area contributed by atoms with Crippen molar-refractivity contribution < 1.29 is 0 Å². The maximum atomic E-state index is 4.79. The fourth-order valence-electron chi connectivity index (χ4n) is 3.33. The van der Waals surface area contributed by atoms with Crippen molar-refractivity contribution in [1.82, 2.24) is 25.3 Å². The number of aryl methyl sites for hydroxylation is 1. The molecule has 1 aliphatic rings. The van der Waals surface area contributed by atoms with Crippen LogP contribution in [0.4, 0.5) is 0 Å². The van der Waals surface area contributed by atoms with E-state index in [0.29, 0.717) is 12.1 Å². The molecule has 1 saturated heterocycles. The van der Waals surface area contributed by atoms with E-state index in [1.807, 2.05) is 23.1 Å². The van der Waals surface area contributed by atoms with Crippen molar-refractivity contribution in [3.05, 3.63) is 18.5 Å². The Morgan fingerprint density at radius 2 is 2.25 bits per heavy atom. The van der Waals surface area contributed by atoms with Crippen LogP contribution in [0.5, 0.6) is 0 Å². The molecule has 0 saturated carbocycles. The van der Waals surface area contributed by atoms with Crippen molar-refractivity contribution in [3.63, 3.8) is 0 Å². The first-order valence-electron chi connectivity index (χ1n) is 9.46. The van der Waals surface area contributed by atoms with Crippen LogP contribution < -0.4 is 10.6 Å². The van der Waals surface area contributed by atoms with E-state index in [1.54, 1.807) is 0 Å². The number of likely N-dealkylation sites (tertiary alicyclic amines) is 1. The lowest BCUT2D eigenvalue weighted by Crippen LogP contribution is -2.45. The smallest absolute Gasteiger partial charge is 0.191 e. The highest BCUT2D eigenvalue weighted by atomic mass is 15.3. The fourth-order valence-corrected chi connectivity index (χ4v) is 3.33. The molecule has 0 aromatic carbocycles. The molecule has 2 N–H and O–H groups in total. The van der Waals surface area contributed by atoms with E-state index in [1.165, 1.54) is 25.8 Å². The summed E-state index contributed by atoms with van der Waals surface area (Å²) in [7, 11) is 0. The standard InChI is InChI=1S/C18H34N6/c1-4-19-18(20-10-7-12-23-13-8-11-22-23)21-15-17(3)24-14-6-5-9-16(24)2/h8,11,13,16-17H,4-7,9-10,12,14-15H2,1-3H3,(H2,19,20,21). The first kappa shape index (κ1) is 18.8. The molecule has 24 heavy (non-hydrogen) atoms. The van der Waals surface area contributed by atoms with Crippen molar-refractivity contribution >= 4 is 5.96 Å². The van der Waals surface area contributed by atoms with E-state index < -0.39 is 0 Å². The lowest BCUT2D eigenvalue weighted by Gasteiger charge is -2.37. The second-order valence-electron chi connectivity index (χ2n) is 6.70. The molecule has 0 amide bonds. The van der Waals surface area contributed by atoms with E-state index in [0.717, 1.165) is 38.6 Å². The molecule has 2 unspecified atom stereocenters. The van der Waals surface area contributed by atoms with Crippen molar-refractivity contribution in [1.29, 1.82) is 0 Å². The predicted molar refractivity (Wildman–Crippen MR) is 100 cm³/mol. The third-order valence-corrected chi connectivity index (χ3v) is 4.69. The topological polar surface area (TPSA) is 57.5 Å². The monoisotopic (exact) mass is 334 g/mol. The second-order valence-corrected chi connectivity index (χ2v) is 6.70. The van der Waals surface area contributed by atoms with Gasteiger partial charge in [-0.2, -0.15) is 5.10 Å². The van der Waals surface area contributed by atoms with Crippen LogP contribution in [0.15, 0.2) is 23.5 Å². The molecule has 1 aliphatic heterocycles. The quantitative estimate of drug-likeness (QED) is 0.434. The van der Waals surface area contributed by atoms with Gasteiger partial charge in [0.15, 0.2) is 5.96 Å². The normalized spacial score (nSPS) is 20.8. The van der Waals surface area contributed by atoms with Crippen LogP contribution in [0.2, 0.25) is 0 Å². The first-order valence-corrected chi connectivity index (χ1v) is 9.46. The molecule has 0 spiro atoms. The van der Waals surface area contributed by atoms with E-state index in [4.69, 9.17) is 4.99 Å². The second kappa shape index (κ2) is 10.3. The van der Waals surface area contributed by atoms with Crippen LogP contribution in [0.25, 0.3) is 0 Å². The van der Waals surface area contributed by atoms with Gasteiger partial charge in [0.1, 0.15) is 0 Å². The zero-order chi connectivity index (χ0) is 17.2. The number of aliphatic imine (C=N–C) groups is 1. The number of rotatable bonds is 8. The molecule has 6 nitrogen and oxygen atoms in total. The highest BCUT2D eigenvalue weighted by Crippen LogP contribution is 2.19. The van der Waals surface area contributed by atoms with Gasteiger partial charge in [-0.25, -0.2) is 0 Å². The highest BCUT2D eigenvalue weighted by Gasteiger charge is 2.22. The predicted octanol–water partition coefficient (Wildman–Crippen LogP) is 2.09. The highest BCUT2D eigenvalue weighted by molar-refractivity contribution is 5.79. The average Bonchev–Trinajstić information content (AvgIpc) is 3.10. The Kier molecular flexibility index (Phi) is 8.08. The van der Waals surface area contributed by atoms with Gasteiger partial charge >= 0.3 is 0 Å². The molecule has 0 bridgehead atoms. The van der Waals surface area contributed by atoms with Crippen molar-refractivity contribution in [2.45, 2.75) is 65.1 Å². The molecular weight excluding hydrogens is 300 g/mol. The Morgan fingerprint density at radius 3 is 2.96 bits per heavy atom. The third-order valence-electron chi connectivity index (χ3n) is 4.69. The Hall–Kier alpha value is -1.56. The molecule has 2 heterocycles. The molecule has 6 heteroatoms. The molecule has 2 rings (SSSR count). The number of nitrogens with one attached hydrogen (secondary N) is 2. The van der Waals surface area contributed by atoms with Gasteiger partial charge in [0.25, 0.3) is 0 Å². The fraction of sp³-hybridized carbons (Fsp3) is 0.778. The zero-order valence-electron chi connectivity index (χ0n) is 15.5. The molecule has 1 fully saturated rings. The number of hydrogen-bond acceptors (Lipinski definition) is 3. The van der Waals surface area contributed by atoms with Gasteiger partial charge in [-0.05, 0) is 52.6 Å². The maximum Gasteiger partial charge on any atom is 0.191 e. The average molecular weight is 335 g/mol. The minimum Gasteiger partial charge on any atom is -0.357 e. The molecule has 0 radical (unpaired) electrons. The van der Waals surface area contributed by atoms with Crippen molar-refractivity contribution in [2.75, 3.05) is 26.2 Å². The number of hydrogen-bond donors (Lipinski definition) is 2. The number of aromatic nitrogens is 2. The zero-order valence-corrected chi connectivity index (χ0v) is 15.5. The van der Waals surface area contributed by atoms with E-state index in [9.17, 15) is 0 Å². The minimum absolute atomic E-state index is 0.500. The maximum absolute atomic E-state index is 4.79. The van der Waals surface area contributed by atoms with Gasteiger partial charge < -0.3 is 10.6 Å². The van der Waals surface area contributed by atoms with Gasteiger partial charge in [-0.3, -0.25) is 14.6 Å². The summed E-state index contributed by atoms with van der Waals surface area (Å²) in [5, 5.41) is 11.0. The summed E-state index contributed by atoms with van der Waals surface area (Å²) in [6.07, 6.45) is 8.87. The van der Waals surface area contributed by atoms with Crippen molar-refractivity contribution in [3.8, 4) is 0 Å². The van der Waals surface area contributed by atoms with E-state index in [-0.39, 0.29) is 0 Å². The molecule has 1 aromatic heterocycles. The Bertz CT molecular complexity index is 470. The van der Waals surface area contributed by atoms with Crippen LogP contribution in [0.3, 0.4) is 0 Å². The van der Waals surface area contributed by atoms with Gasteiger partial charge in [0.2, 0.25) is 0 Å².